The predicted molar refractivity (Wildman–Crippen MR) is 77.1 cm³/mol. The van der Waals surface area contributed by atoms with Crippen molar-refractivity contribution in [1.29, 1.82) is 0 Å². The monoisotopic (exact) mass is 242 g/mol. The fourth-order valence-electron chi connectivity index (χ4n) is 3.60. The van der Waals surface area contributed by atoms with E-state index in [1.54, 1.807) is 5.56 Å². The van der Waals surface area contributed by atoms with E-state index in [2.05, 4.69) is 56.8 Å². The van der Waals surface area contributed by atoms with E-state index >= 15 is 0 Å². The second-order valence-electron chi connectivity index (χ2n) is 6.35. The number of aromatic nitrogens is 1. The van der Waals surface area contributed by atoms with Gasteiger partial charge >= 0.3 is 0 Å². The van der Waals surface area contributed by atoms with Gasteiger partial charge < -0.3 is 9.88 Å². The van der Waals surface area contributed by atoms with Gasteiger partial charge in [-0.15, -0.1) is 0 Å². The Kier molecular flexibility index (Phi) is 2.36. The molecule has 0 amide bonds. The fourth-order valence-corrected chi connectivity index (χ4v) is 3.60. The Labute approximate surface area is 109 Å². The van der Waals surface area contributed by atoms with Crippen LogP contribution < -0.4 is 5.32 Å². The lowest BCUT2D eigenvalue weighted by atomic mass is 9.80. The molecule has 2 heteroatoms. The number of fused-ring (bicyclic) bond motifs is 3. The average molecular weight is 242 g/mol. The van der Waals surface area contributed by atoms with E-state index in [1.807, 2.05) is 0 Å². The molecule has 2 nitrogen and oxygen atoms in total. The summed E-state index contributed by atoms with van der Waals surface area (Å²) in [5.74, 6) is 0. The molecule has 3 rings (SSSR count). The van der Waals surface area contributed by atoms with Gasteiger partial charge in [0.1, 0.15) is 0 Å². The lowest BCUT2D eigenvalue weighted by Gasteiger charge is -2.31. The summed E-state index contributed by atoms with van der Waals surface area (Å²) in [7, 11) is 2.20. The quantitative estimate of drug-likeness (QED) is 0.751. The second kappa shape index (κ2) is 3.61. The second-order valence-corrected chi connectivity index (χ2v) is 6.35. The molecule has 2 heterocycles. The third-order valence-electron chi connectivity index (χ3n) is 4.28. The molecule has 0 aliphatic carbocycles. The van der Waals surface area contributed by atoms with Crippen LogP contribution >= 0.6 is 0 Å². The number of hydrogen-bond acceptors (Lipinski definition) is 1. The standard InChI is InChI=1S/C16H22N2/c1-10-6-11(2)15-12(7-10)14-13(18(15)5)8-17-9-16(14,3)4/h6-7,17H,8-9H2,1-5H3. The highest BCUT2D eigenvalue weighted by Gasteiger charge is 2.32. The first-order chi connectivity index (χ1) is 8.42. The molecule has 1 aliphatic rings. The van der Waals surface area contributed by atoms with Crippen molar-refractivity contribution in [3.8, 4) is 0 Å². The van der Waals surface area contributed by atoms with Crippen molar-refractivity contribution in [1.82, 2.24) is 9.88 Å². The SMILES string of the molecule is Cc1cc(C)c2c(c1)c1c(n2C)CNCC1(C)C. The summed E-state index contributed by atoms with van der Waals surface area (Å²) in [4.78, 5) is 0. The fraction of sp³-hybridized carbons (Fsp3) is 0.500. The predicted octanol–water partition coefficient (Wildman–Crippen LogP) is 3.18. The van der Waals surface area contributed by atoms with E-state index < -0.39 is 0 Å². The summed E-state index contributed by atoms with van der Waals surface area (Å²) in [6.45, 7) is 11.2. The Morgan fingerprint density at radius 1 is 1.22 bits per heavy atom. The lowest BCUT2D eigenvalue weighted by molar-refractivity contribution is 0.429. The number of nitrogens with zero attached hydrogens (tertiary/aromatic N) is 1. The smallest absolute Gasteiger partial charge is 0.0513 e. The molecule has 0 saturated heterocycles. The summed E-state index contributed by atoms with van der Waals surface area (Å²) in [5.41, 5.74) is 7.37. The Morgan fingerprint density at radius 2 is 1.94 bits per heavy atom. The molecular formula is C16H22N2. The summed E-state index contributed by atoms with van der Waals surface area (Å²) in [5, 5.41) is 5.00. The molecule has 0 radical (unpaired) electrons. The third kappa shape index (κ3) is 1.45. The molecule has 1 aromatic carbocycles. The lowest BCUT2D eigenvalue weighted by Crippen LogP contribution is -2.38. The zero-order chi connectivity index (χ0) is 13.1. The Balaban J connectivity index is 2.48. The normalized spacial score (nSPS) is 18.1. The van der Waals surface area contributed by atoms with Crippen molar-refractivity contribution in [3.05, 3.63) is 34.5 Å². The Bertz CT molecular complexity index is 632. The molecule has 0 spiro atoms. The van der Waals surface area contributed by atoms with Crippen LogP contribution in [0.3, 0.4) is 0 Å². The number of aryl methyl sites for hydroxylation is 3. The molecular weight excluding hydrogens is 220 g/mol. The van der Waals surface area contributed by atoms with E-state index in [0.29, 0.717) is 0 Å². The van der Waals surface area contributed by atoms with Gasteiger partial charge in [0, 0.05) is 36.6 Å². The highest BCUT2D eigenvalue weighted by molar-refractivity contribution is 5.90. The molecule has 0 bridgehead atoms. The van der Waals surface area contributed by atoms with Crippen molar-refractivity contribution in [2.45, 2.75) is 39.7 Å². The van der Waals surface area contributed by atoms with Gasteiger partial charge in [-0.05, 0) is 31.0 Å². The van der Waals surface area contributed by atoms with Crippen molar-refractivity contribution in [2.75, 3.05) is 6.54 Å². The van der Waals surface area contributed by atoms with E-state index in [4.69, 9.17) is 0 Å². The maximum atomic E-state index is 3.55. The average Bonchev–Trinajstić information content (AvgIpc) is 2.53. The van der Waals surface area contributed by atoms with Crippen LogP contribution in [0, 0.1) is 13.8 Å². The minimum absolute atomic E-state index is 0.216. The maximum absolute atomic E-state index is 3.55. The van der Waals surface area contributed by atoms with Crippen LogP contribution in [0.2, 0.25) is 0 Å². The molecule has 1 aromatic heterocycles. The molecule has 96 valence electrons. The molecule has 0 unspecified atom stereocenters. The maximum Gasteiger partial charge on any atom is 0.0513 e. The first-order valence-electron chi connectivity index (χ1n) is 6.71. The van der Waals surface area contributed by atoms with Crippen molar-refractivity contribution in [2.24, 2.45) is 7.05 Å². The van der Waals surface area contributed by atoms with Crippen LogP contribution in [0.25, 0.3) is 10.9 Å². The van der Waals surface area contributed by atoms with Crippen molar-refractivity contribution >= 4 is 10.9 Å². The van der Waals surface area contributed by atoms with Crippen LogP contribution in [0.1, 0.15) is 36.2 Å². The minimum atomic E-state index is 0.216. The Hall–Kier alpha value is -1.28. The molecule has 1 aliphatic heterocycles. The van der Waals surface area contributed by atoms with Gasteiger partial charge in [-0.3, -0.25) is 0 Å². The van der Waals surface area contributed by atoms with Gasteiger partial charge in [0.25, 0.3) is 0 Å². The van der Waals surface area contributed by atoms with E-state index in [0.717, 1.165) is 13.1 Å². The molecule has 1 N–H and O–H groups in total. The van der Waals surface area contributed by atoms with Gasteiger partial charge in [0.2, 0.25) is 0 Å². The van der Waals surface area contributed by atoms with Crippen molar-refractivity contribution < 1.29 is 0 Å². The summed E-state index contributed by atoms with van der Waals surface area (Å²) < 4.78 is 2.38. The highest BCUT2D eigenvalue weighted by Crippen LogP contribution is 2.38. The molecule has 0 fully saturated rings. The first kappa shape index (κ1) is 11.8. The molecule has 0 saturated carbocycles. The van der Waals surface area contributed by atoms with Crippen LogP contribution in [-0.2, 0) is 19.0 Å². The number of nitrogens with one attached hydrogen (secondary N) is 1. The minimum Gasteiger partial charge on any atom is -0.346 e. The number of benzene rings is 1. The van der Waals surface area contributed by atoms with Crippen molar-refractivity contribution in [3.63, 3.8) is 0 Å². The summed E-state index contributed by atoms with van der Waals surface area (Å²) in [6.07, 6.45) is 0. The van der Waals surface area contributed by atoms with Gasteiger partial charge in [-0.2, -0.15) is 0 Å². The highest BCUT2D eigenvalue weighted by atomic mass is 15.0. The molecule has 0 atom stereocenters. The molecule has 2 aromatic rings. The van der Waals surface area contributed by atoms with E-state index in [-0.39, 0.29) is 5.41 Å². The first-order valence-corrected chi connectivity index (χ1v) is 6.71. The van der Waals surface area contributed by atoms with Gasteiger partial charge in [0.05, 0.1) is 5.52 Å². The summed E-state index contributed by atoms with van der Waals surface area (Å²) in [6, 6.07) is 4.64. The van der Waals surface area contributed by atoms with Gasteiger partial charge in [-0.25, -0.2) is 0 Å². The zero-order valence-electron chi connectivity index (χ0n) is 12.0. The zero-order valence-corrected chi connectivity index (χ0v) is 12.0. The third-order valence-corrected chi connectivity index (χ3v) is 4.28. The number of rotatable bonds is 0. The molecule has 18 heavy (non-hydrogen) atoms. The topological polar surface area (TPSA) is 17.0 Å². The van der Waals surface area contributed by atoms with E-state index in [9.17, 15) is 0 Å². The van der Waals surface area contributed by atoms with Gasteiger partial charge in [-0.1, -0.05) is 25.5 Å². The van der Waals surface area contributed by atoms with Crippen LogP contribution in [-0.4, -0.2) is 11.1 Å². The van der Waals surface area contributed by atoms with Crippen LogP contribution in [0.4, 0.5) is 0 Å². The Morgan fingerprint density at radius 3 is 2.67 bits per heavy atom. The van der Waals surface area contributed by atoms with Gasteiger partial charge in [0.15, 0.2) is 0 Å². The van der Waals surface area contributed by atoms with Crippen LogP contribution in [0.15, 0.2) is 12.1 Å². The largest absolute Gasteiger partial charge is 0.346 e. The summed E-state index contributed by atoms with van der Waals surface area (Å²) >= 11 is 0. The van der Waals surface area contributed by atoms with E-state index in [1.165, 1.54) is 27.7 Å². The van der Waals surface area contributed by atoms with Crippen LogP contribution in [0.5, 0.6) is 0 Å². The number of hydrogen-bond donors (Lipinski definition) is 1.